The van der Waals surface area contributed by atoms with Crippen molar-refractivity contribution in [2.24, 2.45) is 0 Å². The fourth-order valence-electron chi connectivity index (χ4n) is 4.13. The maximum atomic E-state index is 13.2. The molecule has 13 heteroatoms. The molecule has 0 bridgehead atoms. The van der Waals surface area contributed by atoms with Crippen molar-refractivity contribution in [2.75, 3.05) is 6.61 Å². The first-order chi connectivity index (χ1) is 14.6. The summed E-state index contributed by atoms with van der Waals surface area (Å²) >= 11 is 5.16. The molecule has 3 N–H and O–H groups in total. The summed E-state index contributed by atoms with van der Waals surface area (Å²) < 4.78 is 36.9. The molecule has 1 saturated carbocycles. The highest BCUT2D eigenvalue weighted by Gasteiger charge is 2.59. The van der Waals surface area contributed by atoms with E-state index in [4.69, 9.17) is 30.7 Å². The molecule has 1 aromatic rings. The number of esters is 1. The lowest BCUT2D eigenvalue weighted by atomic mass is 9.96. The smallest absolute Gasteiger partial charge is 0.406 e. The van der Waals surface area contributed by atoms with Gasteiger partial charge >= 0.3 is 13.7 Å². The third kappa shape index (κ3) is 4.56. The van der Waals surface area contributed by atoms with Gasteiger partial charge in [-0.3, -0.25) is 28.2 Å². The van der Waals surface area contributed by atoms with Crippen LogP contribution < -0.4 is 10.6 Å². The van der Waals surface area contributed by atoms with Crippen molar-refractivity contribution in [1.29, 1.82) is 0 Å². The van der Waals surface area contributed by atoms with Crippen molar-refractivity contribution in [3.8, 4) is 0 Å². The van der Waals surface area contributed by atoms with E-state index in [2.05, 4.69) is 10.1 Å². The minimum Gasteiger partial charge on any atom is -0.461 e. The summed E-state index contributed by atoms with van der Waals surface area (Å²) in [4.78, 5) is 26.3. The van der Waals surface area contributed by atoms with Crippen LogP contribution in [-0.4, -0.2) is 57.2 Å². The summed E-state index contributed by atoms with van der Waals surface area (Å²) in [5.74, 6) is -0.539. The zero-order chi connectivity index (χ0) is 22.4. The fourth-order valence-corrected chi connectivity index (χ4v) is 6.16. The summed E-state index contributed by atoms with van der Waals surface area (Å²) in [6.45, 7) is 2.84. The molecule has 0 aromatic carbocycles. The first kappa shape index (κ1) is 22.8. The van der Waals surface area contributed by atoms with Crippen LogP contribution in [0, 0.1) is 4.77 Å². The van der Waals surface area contributed by atoms with Crippen molar-refractivity contribution in [3.63, 3.8) is 0 Å². The van der Waals surface area contributed by atoms with E-state index in [0.717, 1.165) is 25.7 Å². The van der Waals surface area contributed by atoms with Crippen LogP contribution in [0.25, 0.3) is 0 Å². The second-order valence-electron chi connectivity index (χ2n) is 8.28. The number of H-pyrrole nitrogens is 1. The summed E-state index contributed by atoms with van der Waals surface area (Å²) in [5.41, 5.74) is -2.04. The van der Waals surface area contributed by atoms with Gasteiger partial charge in [0.2, 0.25) is 0 Å². The normalized spacial score (nSPS) is 36.8. The summed E-state index contributed by atoms with van der Waals surface area (Å²) in [7, 11) is -3.94. The number of ether oxygens (including phenoxy) is 2. The van der Waals surface area contributed by atoms with Crippen LogP contribution >= 0.6 is 20.0 Å². The topological polar surface area (TPSA) is 141 Å². The molecule has 2 aliphatic heterocycles. The monoisotopic (exact) mass is 475 g/mol. The van der Waals surface area contributed by atoms with Crippen molar-refractivity contribution in [1.82, 2.24) is 14.6 Å². The van der Waals surface area contributed by atoms with E-state index in [1.807, 2.05) is 0 Å². The second kappa shape index (κ2) is 8.51. The van der Waals surface area contributed by atoms with Gasteiger partial charge in [0.25, 0.3) is 5.56 Å². The van der Waals surface area contributed by atoms with Crippen LogP contribution in [0.1, 0.15) is 45.8 Å². The molecule has 3 aliphatic rings. The van der Waals surface area contributed by atoms with Gasteiger partial charge in [0.05, 0.1) is 6.61 Å². The van der Waals surface area contributed by atoms with E-state index in [0.29, 0.717) is 0 Å². The lowest BCUT2D eigenvalue weighted by Crippen LogP contribution is -2.49. The highest BCUT2D eigenvalue weighted by Crippen LogP contribution is 2.55. The van der Waals surface area contributed by atoms with Crippen molar-refractivity contribution >= 4 is 25.9 Å². The predicted molar refractivity (Wildman–Crippen MR) is 110 cm³/mol. The number of nitrogens with one attached hydrogen (secondary N) is 2. The van der Waals surface area contributed by atoms with Gasteiger partial charge in [-0.2, -0.15) is 0 Å². The van der Waals surface area contributed by atoms with Crippen LogP contribution in [0.3, 0.4) is 0 Å². The average Bonchev–Trinajstić information content (AvgIpc) is 3.28. The molecule has 6 atom stereocenters. The molecular weight excluding hydrogens is 449 g/mol. The second-order valence-corrected chi connectivity index (χ2v) is 10.4. The van der Waals surface area contributed by atoms with E-state index in [1.165, 1.54) is 30.7 Å². The molecule has 31 heavy (non-hydrogen) atoms. The number of aliphatic hydroxyl groups is 1. The minimum atomic E-state index is -3.94. The molecule has 1 aromatic heterocycles. The van der Waals surface area contributed by atoms with Gasteiger partial charge in [-0.1, -0.05) is 0 Å². The van der Waals surface area contributed by atoms with Gasteiger partial charge in [-0.05, 0) is 51.7 Å². The number of hydrogen-bond donors (Lipinski definition) is 3. The highest BCUT2D eigenvalue weighted by atomic mass is 32.1. The molecule has 172 valence electrons. The zero-order valence-electron chi connectivity index (χ0n) is 17.2. The summed E-state index contributed by atoms with van der Waals surface area (Å²) in [6.07, 6.45) is 2.18. The van der Waals surface area contributed by atoms with Crippen LogP contribution in [0.4, 0.5) is 0 Å². The van der Waals surface area contributed by atoms with Gasteiger partial charge in [-0.15, -0.1) is 0 Å². The fraction of sp³-hybridized carbons (Fsp3) is 0.722. The Hall–Kier alpha value is -1.40. The van der Waals surface area contributed by atoms with Crippen LogP contribution in [-0.2, 0) is 27.9 Å². The van der Waals surface area contributed by atoms with Crippen LogP contribution in [0.2, 0.25) is 0 Å². The molecule has 3 fully saturated rings. The molecule has 1 aliphatic carbocycles. The van der Waals surface area contributed by atoms with Gasteiger partial charge in [0, 0.05) is 12.3 Å². The largest absolute Gasteiger partial charge is 0.461 e. The van der Waals surface area contributed by atoms with Crippen molar-refractivity contribution in [2.45, 2.75) is 75.7 Å². The summed E-state index contributed by atoms with van der Waals surface area (Å²) in [6, 6.07) is 0.317. The van der Waals surface area contributed by atoms with E-state index >= 15 is 0 Å². The third-order valence-electron chi connectivity index (χ3n) is 5.77. The van der Waals surface area contributed by atoms with Gasteiger partial charge in [-0.25, -0.2) is 9.65 Å². The number of aromatic nitrogens is 2. The Kier molecular flexibility index (Phi) is 6.25. The number of rotatable bonds is 5. The SMILES string of the molecule is C[C@H](NP1(=O)OC[C@H]2O[C@@H](n3ccc(=O)[nH]c3=S)[C@](C)(O)C2O1)C(=O)OC1CCCC1. The number of carbonyl (C=O) groups is 1. The predicted octanol–water partition coefficient (Wildman–Crippen LogP) is 1.54. The molecule has 4 rings (SSSR count). The maximum Gasteiger partial charge on any atom is 0.406 e. The first-order valence-electron chi connectivity index (χ1n) is 10.2. The lowest BCUT2D eigenvalue weighted by Gasteiger charge is -2.36. The molecule has 3 heterocycles. The Morgan fingerprint density at radius 2 is 2.19 bits per heavy atom. The van der Waals surface area contributed by atoms with Crippen LogP contribution in [0.5, 0.6) is 0 Å². The summed E-state index contributed by atoms with van der Waals surface area (Å²) in [5, 5.41) is 13.7. The molecular formula is C18H26N3O8PS. The van der Waals surface area contributed by atoms with E-state index in [9.17, 15) is 19.3 Å². The molecule has 0 radical (unpaired) electrons. The Bertz CT molecular complexity index is 1000. The molecule has 2 unspecified atom stereocenters. The Morgan fingerprint density at radius 3 is 2.87 bits per heavy atom. The number of aromatic amines is 1. The van der Waals surface area contributed by atoms with E-state index in [1.54, 1.807) is 0 Å². The Morgan fingerprint density at radius 1 is 1.48 bits per heavy atom. The van der Waals surface area contributed by atoms with Crippen LogP contribution in [0.15, 0.2) is 17.1 Å². The maximum absolute atomic E-state index is 13.2. The van der Waals surface area contributed by atoms with Gasteiger partial charge in [0.1, 0.15) is 30.0 Å². The number of carbonyl (C=O) groups excluding carboxylic acids is 1. The molecule has 0 amide bonds. The van der Waals surface area contributed by atoms with Gasteiger partial charge in [0.15, 0.2) is 11.0 Å². The first-order valence-corrected chi connectivity index (χ1v) is 12.1. The quantitative estimate of drug-likeness (QED) is 0.326. The number of fused-ring (bicyclic) bond motifs is 1. The Balaban J connectivity index is 1.46. The van der Waals surface area contributed by atoms with Crippen molar-refractivity contribution in [3.05, 3.63) is 27.4 Å². The van der Waals surface area contributed by atoms with Gasteiger partial charge < -0.3 is 14.6 Å². The molecule has 11 nitrogen and oxygen atoms in total. The van der Waals surface area contributed by atoms with E-state index in [-0.39, 0.29) is 23.0 Å². The number of nitrogens with zero attached hydrogens (tertiary/aromatic N) is 1. The lowest BCUT2D eigenvalue weighted by molar-refractivity contribution is -0.150. The third-order valence-corrected chi connectivity index (χ3v) is 7.78. The van der Waals surface area contributed by atoms with E-state index < -0.39 is 43.8 Å². The minimum absolute atomic E-state index is 0.0573. The van der Waals surface area contributed by atoms with Crippen molar-refractivity contribution < 1.29 is 33.0 Å². The molecule has 0 spiro atoms. The Labute approximate surface area is 183 Å². The number of hydrogen-bond acceptors (Lipinski definition) is 9. The average molecular weight is 475 g/mol. The highest BCUT2D eigenvalue weighted by molar-refractivity contribution is 7.71. The zero-order valence-corrected chi connectivity index (χ0v) is 18.9. The standard InChI is InChI=1S/C18H26N3O8PS/c1-10(15(23)27-11-5-3-4-6-11)20-30(25)26-9-12-14(29-30)18(2,24)16(28-12)21-8-7-13(22)19-17(21)31/h7-8,10-12,14,16,24H,3-6,9H2,1-2H3,(H,20,25)(H,19,22,31)/t10-,12+,14?,16+,18+,30?/m0/s1. The molecule has 2 saturated heterocycles.